The van der Waals surface area contributed by atoms with Crippen LogP contribution in [0, 0.1) is 11.6 Å². The Hall–Kier alpha value is -2.04. The van der Waals surface area contributed by atoms with Crippen LogP contribution in [0.2, 0.25) is 0 Å². The van der Waals surface area contributed by atoms with Crippen molar-refractivity contribution in [3.8, 4) is 0 Å². The Bertz CT molecular complexity index is 578. The summed E-state index contributed by atoms with van der Waals surface area (Å²) in [5.74, 6) is -1.01. The number of hydrogen-bond acceptors (Lipinski definition) is 2. The lowest BCUT2D eigenvalue weighted by Crippen LogP contribution is -2.03. The number of halogens is 2. The summed E-state index contributed by atoms with van der Waals surface area (Å²) >= 11 is 0. The first-order valence-electron chi connectivity index (χ1n) is 5.59. The van der Waals surface area contributed by atoms with Crippen LogP contribution in [0.5, 0.6) is 0 Å². The van der Waals surface area contributed by atoms with Crippen molar-refractivity contribution >= 4 is 5.78 Å². The number of carbonyl (C=O) groups excluding carboxylic acids is 1. The summed E-state index contributed by atoms with van der Waals surface area (Å²) in [6, 6.07) is 3.26. The molecule has 0 aliphatic heterocycles. The minimum Gasteiger partial charge on any atom is -0.294 e. The summed E-state index contributed by atoms with van der Waals surface area (Å²) < 4.78 is 27.8. The van der Waals surface area contributed by atoms with Gasteiger partial charge in [-0.1, -0.05) is 6.92 Å². The first-order chi connectivity index (χ1) is 8.60. The molecular weight excluding hydrogens is 238 g/mol. The van der Waals surface area contributed by atoms with Crippen molar-refractivity contribution in [2.45, 2.75) is 19.9 Å². The number of hydrogen-bond donors (Lipinski definition) is 0. The minimum absolute atomic E-state index is 0.0269. The molecule has 1 aromatic carbocycles. The normalized spacial score (nSPS) is 10.6. The van der Waals surface area contributed by atoms with Crippen LogP contribution < -0.4 is 0 Å². The van der Waals surface area contributed by atoms with E-state index in [0.29, 0.717) is 12.0 Å². The van der Waals surface area contributed by atoms with Gasteiger partial charge in [0.2, 0.25) is 0 Å². The van der Waals surface area contributed by atoms with Crippen molar-refractivity contribution in [1.29, 1.82) is 0 Å². The summed E-state index contributed by atoms with van der Waals surface area (Å²) in [5.41, 5.74) is 0.683. The minimum atomic E-state index is -0.497. The number of rotatable bonds is 4. The van der Waals surface area contributed by atoms with Gasteiger partial charge in [-0.05, 0) is 18.2 Å². The van der Waals surface area contributed by atoms with Gasteiger partial charge >= 0.3 is 0 Å². The highest BCUT2D eigenvalue weighted by molar-refractivity contribution is 5.95. The summed E-state index contributed by atoms with van der Waals surface area (Å²) in [6.45, 7) is 1.85. The molecule has 2 rings (SSSR count). The lowest BCUT2D eigenvalue weighted by molar-refractivity contribution is 0.0988. The number of nitrogens with zero attached hydrogens (tertiary/aromatic N) is 2. The Labute approximate surface area is 103 Å². The second-order valence-corrected chi connectivity index (χ2v) is 3.94. The van der Waals surface area contributed by atoms with Crippen molar-refractivity contribution in [2.24, 2.45) is 0 Å². The Kier molecular flexibility index (Phi) is 3.50. The van der Waals surface area contributed by atoms with Gasteiger partial charge in [-0.15, -0.1) is 0 Å². The highest BCUT2D eigenvalue weighted by Crippen LogP contribution is 2.12. The quantitative estimate of drug-likeness (QED) is 0.782. The van der Waals surface area contributed by atoms with Gasteiger partial charge in [0.05, 0.1) is 18.3 Å². The number of aromatic nitrogens is 2. The van der Waals surface area contributed by atoms with Crippen LogP contribution in [-0.2, 0) is 6.54 Å². The van der Waals surface area contributed by atoms with Crippen molar-refractivity contribution < 1.29 is 13.6 Å². The number of carbonyl (C=O) groups is 1. The molecule has 0 aliphatic rings. The van der Waals surface area contributed by atoms with Crippen LogP contribution in [0.4, 0.5) is 8.78 Å². The average molecular weight is 250 g/mol. The Morgan fingerprint density at radius 1 is 1.39 bits per heavy atom. The van der Waals surface area contributed by atoms with Crippen molar-refractivity contribution in [3.63, 3.8) is 0 Å². The number of Topliss-reactive ketones (excluding diaryl/α,β-unsaturated/α-hetero) is 1. The first-order valence-corrected chi connectivity index (χ1v) is 5.59. The zero-order valence-corrected chi connectivity index (χ0v) is 9.86. The van der Waals surface area contributed by atoms with E-state index in [1.807, 2.05) is 0 Å². The van der Waals surface area contributed by atoms with Crippen LogP contribution in [-0.4, -0.2) is 15.6 Å². The van der Waals surface area contributed by atoms with E-state index in [1.54, 1.807) is 6.92 Å². The van der Waals surface area contributed by atoms with Crippen LogP contribution in [0.15, 0.2) is 30.6 Å². The largest absolute Gasteiger partial charge is 0.294 e. The fraction of sp³-hybridized carbons (Fsp3) is 0.231. The molecule has 94 valence electrons. The standard InChI is InChI=1S/C13H12F2N2O/c1-2-13(18)10-6-16-17(8-10)7-9-5-11(14)3-4-12(9)15/h3-6,8H,2,7H2,1H3. The second kappa shape index (κ2) is 5.08. The lowest BCUT2D eigenvalue weighted by atomic mass is 10.2. The predicted octanol–water partition coefficient (Wildman–Crippen LogP) is 2.80. The molecule has 2 aromatic rings. The summed E-state index contributed by atoms with van der Waals surface area (Å²) in [4.78, 5) is 11.4. The maximum absolute atomic E-state index is 13.4. The van der Waals surface area contributed by atoms with Gasteiger partial charge in [0, 0.05) is 18.2 Å². The lowest BCUT2D eigenvalue weighted by Gasteiger charge is -2.03. The second-order valence-electron chi connectivity index (χ2n) is 3.94. The van der Waals surface area contributed by atoms with Crippen LogP contribution in [0.1, 0.15) is 29.3 Å². The maximum atomic E-state index is 13.4. The molecule has 0 fully saturated rings. The van der Waals surface area contributed by atoms with Gasteiger partial charge in [0.25, 0.3) is 0 Å². The fourth-order valence-electron chi connectivity index (χ4n) is 1.64. The van der Waals surface area contributed by atoms with E-state index in [1.165, 1.54) is 17.1 Å². The highest BCUT2D eigenvalue weighted by atomic mass is 19.1. The molecule has 0 saturated carbocycles. The topological polar surface area (TPSA) is 34.9 Å². The summed E-state index contributed by atoms with van der Waals surface area (Å²) in [7, 11) is 0. The Morgan fingerprint density at radius 2 is 2.17 bits per heavy atom. The smallest absolute Gasteiger partial charge is 0.165 e. The zero-order chi connectivity index (χ0) is 13.1. The highest BCUT2D eigenvalue weighted by Gasteiger charge is 2.09. The van der Waals surface area contributed by atoms with Gasteiger partial charge in [-0.3, -0.25) is 9.48 Å². The van der Waals surface area contributed by atoms with Crippen molar-refractivity contribution in [3.05, 3.63) is 53.4 Å². The van der Waals surface area contributed by atoms with Crippen molar-refractivity contribution in [2.75, 3.05) is 0 Å². The van der Waals surface area contributed by atoms with E-state index in [-0.39, 0.29) is 17.9 Å². The summed E-state index contributed by atoms with van der Waals surface area (Å²) in [5, 5.41) is 3.96. The van der Waals surface area contributed by atoms with Gasteiger partial charge in [-0.25, -0.2) is 8.78 Å². The maximum Gasteiger partial charge on any atom is 0.165 e. The van der Waals surface area contributed by atoms with Gasteiger partial charge in [0.15, 0.2) is 5.78 Å². The molecule has 0 spiro atoms. The Balaban J connectivity index is 2.21. The molecule has 0 saturated heterocycles. The first kappa shape index (κ1) is 12.4. The van der Waals surface area contributed by atoms with E-state index in [0.717, 1.165) is 18.2 Å². The molecule has 0 bridgehead atoms. The van der Waals surface area contributed by atoms with Gasteiger partial charge in [0.1, 0.15) is 11.6 Å². The molecule has 0 radical (unpaired) electrons. The monoisotopic (exact) mass is 250 g/mol. The number of ketones is 1. The molecule has 0 atom stereocenters. The molecule has 0 unspecified atom stereocenters. The van der Waals surface area contributed by atoms with Crippen molar-refractivity contribution in [1.82, 2.24) is 9.78 Å². The molecule has 0 N–H and O–H groups in total. The SMILES string of the molecule is CCC(=O)c1cnn(Cc2cc(F)ccc2F)c1. The van der Waals surface area contributed by atoms with E-state index < -0.39 is 11.6 Å². The molecule has 3 nitrogen and oxygen atoms in total. The molecular formula is C13H12F2N2O. The third-order valence-corrected chi connectivity index (χ3v) is 2.62. The predicted molar refractivity (Wildman–Crippen MR) is 62.3 cm³/mol. The molecule has 0 aliphatic carbocycles. The van der Waals surface area contributed by atoms with Crippen LogP contribution in [0.25, 0.3) is 0 Å². The Morgan fingerprint density at radius 3 is 2.89 bits per heavy atom. The van der Waals surface area contributed by atoms with E-state index in [2.05, 4.69) is 5.10 Å². The third kappa shape index (κ3) is 2.61. The van der Waals surface area contributed by atoms with E-state index in [4.69, 9.17) is 0 Å². The van der Waals surface area contributed by atoms with Crippen LogP contribution >= 0.6 is 0 Å². The fourth-order valence-corrected chi connectivity index (χ4v) is 1.64. The molecule has 18 heavy (non-hydrogen) atoms. The van der Waals surface area contributed by atoms with E-state index >= 15 is 0 Å². The zero-order valence-electron chi connectivity index (χ0n) is 9.86. The summed E-state index contributed by atoms with van der Waals surface area (Å²) in [6.07, 6.45) is 3.36. The molecule has 0 amide bonds. The molecule has 1 heterocycles. The third-order valence-electron chi connectivity index (χ3n) is 2.62. The average Bonchev–Trinajstić information content (AvgIpc) is 2.81. The number of benzene rings is 1. The van der Waals surface area contributed by atoms with Gasteiger partial charge in [-0.2, -0.15) is 5.10 Å². The van der Waals surface area contributed by atoms with Gasteiger partial charge < -0.3 is 0 Å². The molecule has 5 heteroatoms. The van der Waals surface area contributed by atoms with Crippen LogP contribution in [0.3, 0.4) is 0 Å². The van der Waals surface area contributed by atoms with E-state index in [9.17, 15) is 13.6 Å². The molecule has 1 aromatic heterocycles.